The van der Waals surface area contributed by atoms with Crippen molar-refractivity contribution < 1.29 is 9.63 Å². The molecule has 0 aliphatic rings. The predicted octanol–water partition coefficient (Wildman–Crippen LogP) is 4.19. The molecule has 0 spiro atoms. The molecule has 2 aromatic carbocycles. The number of pyridine rings is 1. The number of nitrogens with zero attached hydrogens (tertiary/aromatic N) is 2. The van der Waals surface area contributed by atoms with Gasteiger partial charge in [0.15, 0.2) is 0 Å². The first-order valence-corrected chi connectivity index (χ1v) is 7.46. The number of halogens is 1. The summed E-state index contributed by atoms with van der Waals surface area (Å²) >= 11 is 5.94. The summed E-state index contributed by atoms with van der Waals surface area (Å²) in [5.41, 5.74) is 2.92. The van der Waals surface area contributed by atoms with Crippen LogP contribution in [0.1, 0.15) is 10.4 Å². The third kappa shape index (κ3) is 3.04. The van der Waals surface area contributed by atoms with Gasteiger partial charge in [-0.05, 0) is 24.3 Å². The molecule has 0 aliphatic carbocycles. The van der Waals surface area contributed by atoms with Crippen LogP contribution in [0.25, 0.3) is 22.2 Å². The van der Waals surface area contributed by atoms with Crippen LogP contribution in [0.4, 0.5) is 0 Å². The molecule has 0 aliphatic heterocycles. The number of hydrogen-bond donors (Lipinski definition) is 0. The van der Waals surface area contributed by atoms with Crippen LogP contribution >= 0.6 is 11.6 Å². The van der Waals surface area contributed by atoms with E-state index in [1.807, 2.05) is 36.4 Å². The summed E-state index contributed by atoms with van der Waals surface area (Å²) in [7, 11) is 3.04. The Morgan fingerprint density at radius 3 is 2.52 bits per heavy atom. The molecule has 1 amide bonds. The molecule has 0 atom stereocenters. The van der Waals surface area contributed by atoms with Crippen molar-refractivity contribution in [3.63, 3.8) is 0 Å². The summed E-state index contributed by atoms with van der Waals surface area (Å²) in [6.45, 7) is 0. The molecule has 1 heterocycles. The monoisotopic (exact) mass is 326 g/mol. The fourth-order valence-corrected chi connectivity index (χ4v) is 2.50. The van der Waals surface area contributed by atoms with E-state index in [4.69, 9.17) is 16.4 Å². The minimum Gasteiger partial charge on any atom is -0.274 e. The molecule has 3 rings (SSSR count). The summed E-state index contributed by atoms with van der Waals surface area (Å²) in [4.78, 5) is 22.3. The molecule has 4 nitrogen and oxygen atoms in total. The van der Waals surface area contributed by atoms with Crippen molar-refractivity contribution in [1.82, 2.24) is 10.0 Å². The Bertz CT molecular complexity index is 863. The van der Waals surface area contributed by atoms with E-state index >= 15 is 0 Å². The minimum atomic E-state index is -0.221. The smallest absolute Gasteiger partial charge is 0.274 e. The fourth-order valence-electron chi connectivity index (χ4n) is 2.37. The third-order valence-corrected chi connectivity index (χ3v) is 3.90. The highest BCUT2D eigenvalue weighted by atomic mass is 35.5. The zero-order chi connectivity index (χ0) is 16.4. The van der Waals surface area contributed by atoms with Crippen LogP contribution in [0.15, 0.2) is 54.6 Å². The molecule has 116 valence electrons. The molecule has 0 unspecified atom stereocenters. The number of amides is 1. The summed E-state index contributed by atoms with van der Waals surface area (Å²) in [6.07, 6.45) is 0. The number of rotatable bonds is 3. The van der Waals surface area contributed by atoms with Crippen molar-refractivity contribution in [2.24, 2.45) is 0 Å². The maximum Gasteiger partial charge on any atom is 0.277 e. The highest BCUT2D eigenvalue weighted by Crippen LogP contribution is 2.26. The molecule has 0 bridgehead atoms. The lowest BCUT2D eigenvalue weighted by Gasteiger charge is -2.16. The van der Waals surface area contributed by atoms with Crippen molar-refractivity contribution in [1.29, 1.82) is 0 Å². The standard InChI is InChI=1S/C18H15ClN2O2/c1-21(23-2)18(22)15-11-17(12-7-9-13(19)10-8-12)20-16-6-4-3-5-14(15)16/h3-11H,1-2H3. The van der Waals surface area contributed by atoms with Crippen LogP contribution in [-0.2, 0) is 4.84 Å². The average Bonchev–Trinajstić information content (AvgIpc) is 2.60. The quantitative estimate of drug-likeness (QED) is 0.678. The first-order chi connectivity index (χ1) is 11.1. The first-order valence-electron chi connectivity index (χ1n) is 7.08. The maximum absolute atomic E-state index is 12.6. The lowest BCUT2D eigenvalue weighted by Crippen LogP contribution is -2.25. The van der Waals surface area contributed by atoms with Crippen LogP contribution in [0.3, 0.4) is 0 Å². The lowest BCUT2D eigenvalue weighted by molar-refractivity contribution is -0.0755. The van der Waals surface area contributed by atoms with Crippen molar-refractivity contribution >= 4 is 28.4 Å². The van der Waals surface area contributed by atoms with E-state index < -0.39 is 0 Å². The van der Waals surface area contributed by atoms with E-state index in [2.05, 4.69) is 4.98 Å². The zero-order valence-electron chi connectivity index (χ0n) is 12.8. The minimum absolute atomic E-state index is 0.221. The van der Waals surface area contributed by atoms with E-state index in [1.165, 1.54) is 12.2 Å². The number of aromatic nitrogens is 1. The van der Waals surface area contributed by atoms with Gasteiger partial charge in [0.25, 0.3) is 5.91 Å². The number of para-hydroxylation sites is 1. The number of carbonyl (C=O) groups is 1. The number of fused-ring (bicyclic) bond motifs is 1. The molecule has 3 aromatic rings. The summed E-state index contributed by atoms with van der Waals surface area (Å²) < 4.78 is 0. The van der Waals surface area contributed by atoms with Gasteiger partial charge in [0.05, 0.1) is 23.9 Å². The van der Waals surface area contributed by atoms with Crippen molar-refractivity contribution in [3.05, 3.63) is 65.2 Å². The summed E-state index contributed by atoms with van der Waals surface area (Å²) in [6, 6.07) is 16.7. The normalized spacial score (nSPS) is 10.7. The van der Waals surface area contributed by atoms with E-state index in [-0.39, 0.29) is 5.91 Å². The molecule has 0 radical (unpaired) electrons. The molecule has 23 heavy (non-hydrogen) atoms. The SMILES string of the molecule is CON(C)C(=O)c1cc(-c2ccc(Cl)cc2)nc2ccccc12. The second-order valence-corrected chi connectivity index (χ2v) is 5.50. The fraction of sp³-hybridized carbons (Fsp3) is 0.111. The molecule has 1 aromatic heterocycles. The molecule has 0 saturated heterocycles. The highest BCUT2D eigenvalue weighted by Gasteiger charge is 2.17. The van der Waals surface area contributed by atoms with E-state index in [0.717, 1.165) is 16.5 Å². The second-order valence-electron chi connectivity index (χ2n) is 5.06. The van der Waals surface area contributed by atoms with Gasteiger partial charge < -0.3 is 0 Å². The van der Waals surface area contributed by atoms with Gasteiger partial charge in [-0.2, -0.15) is 0 Å². The first kappa shape index (κ1) is 15.5. The average molecular weight is 327 g/mol. The van der Waals surface area contributed by atoms with Crippen LogP contribution in [0.2, 0.25) is 5.02 Å². The van der Waals surface area contributed by atoms with Gasteiger partial charge in [-0.25, -0.2) is 10.0 Å². The van der Waals surface area contributed by atoms with Gasteiger partial charge in [-0.15, -0.1) is 0 Å². The second kappa shape index (κ2) is 6.36. The summed E-state index contributed by atoms with van der Waals surface area (Å²) in [5, 5.41) is 2.65. The molecule has 0 saturated carbocycles. The van der Waals surface area contributed by atoms with Gasteiger partial charge >= 0.3 is 0 Å². The number of hydrogen-bond acceptors (Lipinski definition) is 3. The summed E-state index contributed by atoms with van der Waals surface area (Å²) in [5.74, 6) is -0.221. The van der Waals surface area contributed by atoms with Crippen molar-refractivity contribution in [2.45, 2.75) is 0 Å². The van der Waals surface area contributed by atoms with Gasteiger partial charge in [-0.1, -0.05) is 41.9 Å². The lowest BCUT2D eigenvalue weighted by atomic mass is 10.0. The van der Waals surface area contributed by atoms with Gasteiger partial charge in [0.1, 0.15) is 0 Å². The van der Waals surface area contributed by atoms with E-state index in [9.17, 15) is 4.79 Å². The molecule has 0 N–H and O–H groups in total. The Morgan fingerprint density at radius 2 is 1.83 bits per heavy atom. The Hall–Kier alpha value is -2.43. The Kier molecular flexibility index (Phi) is 4.28. The number of benzene rings is 2. The van der Waals surface area contributed by atoms with E-state index in [1.54, 1.807) is 25.2 Å². The molecule has 5 heteroatoms. The molecular weight excluding hydrogens is 312 g/mol. The molecule has 0 fully saturated rings. The predicted molar refractivity (Wildman–Crippen MR) is 91.3 cm³/mol. The Balaban J connectivity index is 2.21. The van der Waals surface area contributed by atoms with Crippen LogP contribution < -0.4 is 0 Å². The van der Waals surface area contributed by atoms with Gasteiger partial charge in [-0.3, -0.25) is 9.63 Å². The third-order valence-electron chi connectivity index (χ3n) is 3.65. The van der Waals surface area contributed by atoms with Crippen molar-refractivity contribution in [2.75, 3.05) is 14.2 Å². The number of hydroxylamine groups is 2. The van der Waals surface area contributed by atoms with Gasteiger partial charge in [0, 0.05) is 23.0 Å². The van der Waals surface area contributed by atoms with E-state index in [0.29, 0.717) is 16.3 Å². The maximum atomic E-state index is 12.6. The number of carbonyl (C=O) groups excluding carboxylic acids is 1. The topological polar surface area (TPSA) is 42.4 Å². The highest BCUT2D eigenvalue weighted by molar-refractivity contribution is 6.30. The largest absolute Gasteiger partial charge is 0.277 e. The van der Waals surface area contributed by atoms with Crippen molar-refractivity contribution in [3.8, 4) is 11.3 Å². The van der Waals surface area contributed by atoms with Gasteiger partial charge in [0.2, 0.25) is 0 Å². The van der Waals surface area contributed by atoms with Crippen LogP contribution in [0.5, 0.6) is 0 Å². The zero-order valence-corrected chi connectivity index (χ0v) is 13.5. The Morgan fingerprint density at radius 1 is 1.13 bits per heavy atom. The molecular formula is C18H15ClN2O2. The van der Waals surface area contributed by atoms with Crippen LogP contribution in [-0.4, -0.2) is 30.1 Å². The Labute approximate surface area is 139 Å². The van der Waals surface area contributed by atoms with Crippen LogP contribution in [0, 0.1) is 0 Å².